The molecule has 3 N–H and O–H groups in total. The SMILES string of the molecule is Cn1nccc1CCNC(=O)C(C)(C)CCN. The zero-order valence-corrected chi connectivity index (χ0v) is 10.9. The second-order valence-electron chi connectivity index (χ2n) is 4.87. The summed E-state index contributed by atoms with van der Waals surface area (Å²) in [6, 6.07) is 1.96. The standard InChI is InChI=1S/C12H22N4O/c1-12(2,6-7-13)11(17)14-8-4-10-5-9-15-16(10)3/h5,9H,4,6-8,13H2,1-3H3,(H,14,17). The molecule has 0 saturated carbocycles. The number of nitrogens with one attached hydrogen (secondary N) is 1. The molecule has 0 aliphatic carbocycles. The Labute approximate surface area is 102 Å². The molecule has 1 amide bonds. The third-order valence-electron chi connectivity index (χ3n) is 2.97. The third kappa shape index (κ3) is 3.85. The van der Waals surface area contributed by atoms with Crippen LogP contribution in [0.15, 0.2) is 12.3 Å². The molecule has 5 heteroatoms. The average Bonchev–Trinajstić information content (AvgIpc) is 2.64. The van der Waals surface area contributed by atoms with Crippen molar-refractivity contribution in [3.05, 3.63) is 18.0 Å². The molecule has 0 saturated heterocycles. The summed E-state index contributed by atoms with van der Waals surface area (Å²) in [6.07, 6.45) is 3.25. The highest BCUT2D eigenvalue weighted by Gasteiger charge is 2.25. The fourth-order valence-electron chi connectivity index (χ4n) is 1.66. The van der Waals surface area contributed by atoms with E-state index in [2.05, 4.69) is 10.4 Å². The van der Waals surface area contributed by atoms with Gasteiger partial charge in [0.15, 0.2) is 0 Å². The molecule has 96 valence electrons. The summed E-state index contributed by atoms with van der Waals surface area (Å²) in [5.41, 5.74) is 6.21. The molecule has 0 spiro atoms. The number of rotatable bonds is 6. The molecule has 5 nitrogen and oxygen atoms in total. The van der Waals surface area contributed by atoms with Crippen LogP contribution in [-0.4, -0.2) is 28.8 Å². The summed E-state index contributed by atoms with van der Waals surface area (Å²) >= 11 is 0. The summed E-state index contributed by atoms with van der Waals surface area (Å²) in [7, 11) is 1.90. The van der Waals surface area contributed by atoms with E-state index in [1.807, 2.05) is 31.6 Å². The molecule has 1 rings (SSSR count). The molecule has 0 radical (unpaired) electrons. The van der Waals surface area contributed by atoms with Gasteiger partial charge >= 0.3 is 0 Å². The highest BCUT2D eigenvalue weighted by Crippen LogP contribution is 2.19. The Morgan fingerprint density at radius 2 is 2.29 bits per heavy atom. The van der Waals surface area contributed by atoms with Crippen molar-refractivity contribution in [1.29, 1.82) is 0 Å². The third-order valence-corrected chi connectivity index (χ3v) is 2.97. The maximum absolute atomic E-state index is 11.9. The van der Waals surface area contributed by atoms with Crippen molar-refractivity contribution in [2.45, 2.75) is 26.7 Å². The number of amides is 1. The number of hydrogen-bond acceptors (Lipinski definition) is 3. The van der Waals surface area contributed by atoms with Crippen LogP contribution in [0.2, 0.25) is 0 Å². The summed E-state index contributed by atoms with van der Waals surface area (Å²) in [5, 5.41) is 7.02. The topological polar surface area (TPSA) is 72.9 Å². The van der Waals surface area contributed by atoms with Crippen molar-refractivity contribution < 1.29 is 4.79 Å². The molecule has 0 unspecified atom stereocenters. The molecule has 0 fully saturated rings. The lowest BCUT2D eigenvalue weighted by atomic mass is 9.88. The van der Waals surface area contributed by atoms with E-state index >= 15 is 0 Å². The van der Waals surface area contributed by atoms with Crippen molar-refractivity contribution in [2.24, 2.45) is 18.2 Å². The second-order valence-corrected chi connectivity index (χ2v) is 4.87. The Morgan fingerprint density at radius 3 is 2.82 bits per heavy atom. The maximum Gasteiger partial charge on any atom is 0.225 e. The Bertz CT molecular complexity index is 370. The van der Waals surface area contributed by atoms with Gasteiger partial charge in [0.25, 0.3) is 0 Å². The summed E-state index contributed by atoms with van der Waals surface area (Å²) in [5.74, 6) is 0.0603. The van der Waals surface area contributed by atoms with Crippen molar-refractivity contribution in [2.75, 3.05) is 13.1 Å². The number of hydrogen-bond donors (Lipinski definition) is 2. The van der Waals surface area contributed by atoms with Crippen molar-refractivity contribution in [1.82, 2.24) is 15.1 Å². The van der Waals surface area contributed by atoms with Crippen LogP contribution < -0.4 is 11.1 Å². The number of aromatic nitrogens is 2. The molecular formula is C12H22N4O. The minimum atomic E-state index is -0.388. The predicted molar refractivity (Wildman–Crippen MR) is 67.4 cm³/mol. The molecule has 1 aromatic rings. The Morgan fingerprint density at radius 1 is 1.59 bits per heavy atom. The number of carbonyl (C=O) groups excluding carboxylic acids is 1. The van der Waals surface area contributed by atoms with Crippen LogP contribution in [0.1, 0.15) is 26.0 Å². The van der Waals surface area contributed by atoms with Gasteiger partial charge in [-0.3, -0.25) is 9.48 Å². The second kappa shape index (κ2) is 5.82. The van der Waals surface area contributed by atoms with E-state index in [0.29, 0.717) is 19.5 Å². The summed E-state index contributed by atoms with van der Waals surface area (Å²) < 4.78 is 1.82. The summed E-state index contributed by atoms with van der Waals surface area (Å²) in [4.78, 5) is 11.9. The van der Waals surface area contributed by atoms with E-state index in [1.165, 1.54) is 0 Å². The van der Waals surface area contributed by atoms with Gasteiger partial charge in [-0.1, -0.05) is 13.8 Å². The van der Waals surface area contributed by atoms with E-state index in [4.69, 9.17) is 5.73 Å². The first kappa shape index (κ1) is 13.7. The van der Waals surface area contributed by atoms with E-state index in [0.717, 1.165) is 12.1 Å². The van der Waals surface area contributed by atoms with E-state index in [1.54, 1.807) is 6.20 Å². The number of aryl methyl sites for hydroxylation is 1. The van der Waals surface area contributed by atoms with Gasteiger partial charge < -0.3 is 11.1 Å². The molecule has 0 atom stereocenters. The fraction of sp³-hybridized carbons (Fsp3) is 0.667. The van der Waals surface area contributed by atoms with Crippen molar-refractivity contribution in [3.63, 3.8) is 0 Å². The van der Waals surface area contributed by atoms with Gasteiger partial charge in [-0.05, 0) is 19.0 Å². The van der Waals surface area contributed by atoms with Gasteiger partial charge in [-0.25, -0.2) is 0 Å². The highest BCUT2D eigenvalue weighted by atomic mass is 16.2. The number of nitrogens with zero attached hydrogens (tertiary/aromatic N) is 2. The van der Waals surface area contributed by atoms with Crippen LogP contribution in [0.5, 0.6) is 0 Å². The zero-order chi connectivity index (χ0) is 12.9. The van der Waals surface area contributed by atoms with Gasteiger partial charge in [0.05, 0.1) is 0 Å². The van der Waals surface area contributed by atoms with Gasteiger partial charge in [-0.2, -0.15) is 5.10 Å². The Balaban J connectivity index is 2.36. The lowest BCUT2D eigenvalue weighted by Crippen LogP contribution is -2.39. The van der Waals surface area contributed by atoms with E-state index in [9.17, 15) is 4.79 Å². The lowest BCUT2D eigenvalue weighted by molar-refractivity contribution is -0.129. The molecule has 17 heavy (non-hydrogen) atoms. The number of carbonyl (C=O) groups is 1. The smallest absolute Gasteiger partial charge is 0.225 e. The van der Waals surface area contributed by atoms with Crippen LogP contribution in [0, 0.1) is 5.41 Å². The summed E-state index contributed by atoms with van der Waals surface area (Å²) in [6.45, 7) is 4.99. The van der Waals surface area contributed by atoms with Gasteiger partial charge in [0, 0.05) is 37.3 Å². The van der Waals surface area contributed by atoms with Gasteiger partial charge in [0.1, 0.15) is 0 Å². The first-order chi connectivity index (χ1) is 7.97. The average molecular weight is 238 g/mol. The first-order valence-electron chi connectivity index (χ1n) is 5.92. The molecule has 1 heterocycles. The maximum atomic E-state index is 11.9. The lowest BCUT2D eigenvalue weighted by Gasteiger charge is -2.22. The van der Waals surface area contributed by atoms with Crippen LogP contribution in [0.4, 0.5) is 0 Å². The fourth-order valence-corrected chi connectivity index (χ4v) is 1.66. The minimum Gasteiger partial charge on any atom is -0.355 e. The van der Waals surface area contributed by atoms with Gasteiger partial charge in [0.2, 0.25) is 5.91 Å². The first-order valence-corrected chi connectivity index (χ1v) is 5.92. The quantitative estimate of drug-likeness (QED) is 0.756. The normalized spacial score (nSPS) is 11.5. The Kier molecular flexibility index (Phi) is 4.69. The highest BCUT2D eigenvalue weighted by molar-refractivity contribution is 5.81. The molecule has 0 bridgehead atoms. The van der Waals surface area contributed by atoms with Crippen molar-refractivity contribution >= 4 is 5.91 Å². The largest absolute Gasteiger partial charge is 0.355 e. The monoisotopic (exact) mass is 238 g/mol. The molecule has 1 aromatic heterocycles. The van der Waals surface area contributed by atoms with E-state index < -0.39 is 0 Å². The number of nitrogens with two attached hydrogens (primary N) is 1. The molecule has 0 aliphatic heterocycles. The Hall–Kier alpha value is -1.36. The molecular weight excluding hydrogens is 216 g/mol. The minimum absolute atomic E-state index is 0.0603. The van der Waals surface area contributed by atoms with Crippen molar-refractivity contribution in [3.8, 4) is 0 Å². The zero-order valence-electron chi connectivity index (χ0n) is 10.9. The van der Waals surface area contributed by atoms with Gasteiger partial charge in [-0.15, -0.1) is 0 Å². The van der Waals surface area contributed by atoms with Crippen LogP contribution in [0.25, 0.3) is 0 Å². The van der Waals surface area contributed by atoms with Crippen LogP contribution in [-0.2, 0) is 18.3 Å². The van der Waals surface area contributed by atoms with E-state index in [-0.39, 0.29) is 11.3 Å². The molecule has 0 aromatic carbocycles. The molecule has 0 aliphatic rings. The van der Waals surface area contributed by atoms with Crippen LogP contribution in [0.3, 0.4) is 0 Å². The predicted octanol–water partition coefficient (Wildman–Crippen LogP) is 0.454. The van der Waals surface area contributed by atoms with Crippen LogP contribution >= 0.6 is 0 Å².